The third-order valence-electron chi connectivity index (χ3n) is 5.34. The van der Waals surface area contributed by atoms with Crippen molar-refractivity contribution in [2.75, 3.05) is 46.3 Å². The summed E-state index contributed by atoms with van der Waals surface area (Å²) < 4.78 is 6.04. The third-order valence-corrected chi connectivity index (χ3v) is 6.94. The molecule has 0 aliphatic carbocycles. The molecule has 0 amide bonds. The van der Waals surface area contributed by atoms with Gasteiger partial charge in [-0.15, -0.1) is 0 Å². The van der Waals surface area contributed by atoms with Crippen LogP contribution in [0.25, 0.3) is 0 Å². The molecule has 0 saturated heterocycles. The molecular formula is C22H51N3OSi. The van der Waals surface area contributed by atoms with Crippen molar-refractivity contribution in [3.63, 3.8) is 0 Å². The zero-order chi connectivity index (χ0) is 20.3. The predicted molar refractivity (Wildman–Crippen MR) is 125 cm³/mol. The highest BCUT2D eigenvalue weighted by Crippen LogP contribution is 2.04. The number of rotatable bonds is 20. The Morgan fingerprint density at radius 1 is 0.889 bits per heavy atom. The predicted octanol–water partition coefficient (Wildman–Crippen LogP) is 3.90. The first-order valence-corrected chi connectivity index (χ1v) is 13.4. The molecule has 0 aliphatic heterocycles. The van der Waals surface area contributed by atoms with Crippen LogP contribution in [0.5, 0.6) is 0 Å². The first kappa shape index (κ1) is 27.1. The van der Waals surface area contributed by atoms with Gasteiger partial charge in [-0.05, 0) is 105 Å². The molecular weight excluding hydrogens is 350 g/mol. The highest BCUT2D eigenvalue weighted by Gasteiger charge is 2.07. The van der Waals surface area contributed by atoms with Crippen molar-refractivity contribution in [3.8, 4) is 0 Å². The molecule has 4 nitrogen and oxygen atoms in total. The van der Waals surface area contributed by atoms with Crippen LogP contribution < -0.4 is 5.32 Å². The van der Waals surface area contributed by atoms with E-state index < -0.39 is 0 Å². The van der Waals surface area contributed by atoms with Gasteiger partial charge in [0.05, 0.1) is 0 Å². The van der Waals surface area contributed by atoms with Gasteiger partial charge in [0, 0.05) is 12.1 Å². The molecule has 5 heteroatoms. The molecule has 164 valence electrons. The van der Waals surface area contributed by atoms with Gasteiger partial charge in [-0.2, -0.15) is 0 Å². The summed E-state index contributed by atoms with van der Waals surface area (Å²) >= 11 is 0. The Kier molecular flexibility index (Phi) is 19.4. The number of nitrogens with one attached hydrogen (secondary N) is 1. The Balaban J connectivity index is 4.03. The fraction of sp³-hybridized carbons (Fsp3) is 1.00. The lowest BCUT2D eigenvalue weighted by atomic mass is 10.2. The van der Waals surface area contributed by atoms with Crippen LogP contribution in [-0.2, 0) is 4.43 Å². The average Bonchev–Trinajstić information content (AvgIpc) is 2.64. The van der Waals surface area contributed by atoms with Gasteiger partial charge in [0.1, 0.15) is 0 Å². The molecule has 0 fully saturated rings. The van der Waals surface area contributed by atoms with Crippen molar-refractivity contribution in [1.82, 2.24) is 15.1 Å². The molecule has 0 aromatic heterocycles. The highest BCUT2D eigenvalue weighted by molar-refractivity contribution is 6.27. The SMILES string of the molecule is CCCC(C)O[SiH2]CCCN(CCCNC(C)CC)CCCN(C)CCC. The Morgan fingerprint density at radius 2 is 1.59 bits per heavy atom. The molecule has 0 spiro atoms. The van der Waals surface area contributed by atoms with Crippen molar-refractivity contribution in [2.24, 2.45) is 0 Å². The largest absolute Gasteiger partial charge is 0.421 e. The monoisotopic (exact) mass is 401 g/mol. The first-order valence-electron chi connectivity index (χ1n) is 11.8. The van der Waals surface area contributed by atoms with E-state index in [0.717, 1.165) is 6.54 Å². The summed E-state index contributed by atoms with van der Waals surface area (Å²) in [6, 6.07) is 1.97. The zero-order valence-electron chi connectivity index (χ0n) is 19.6. The maximum Gasteiger partial charge on any atom is 0.162 e. The highest BCUT2D eigenvalue weighted by atomic mass is 28.2. The van der Waals surface area contributed by atoms with E-state index in [-0.39, 0.29) is 9.76 Å². The van der Waals surface area contributed by atoms with Crippen molar-refractivity contribution in [1.29, 1.82) is 0 Å². The summed E-state index contributed by atoms with van der Waals surface area (Å²) in [5.41, 5.74) is 0. The number of hydrogen-bond donors (Lipinski definition) is 1. The van der Waals surface area contributed by atoms with Gasteiger partial charge in [-0.25, -0.2) is 0 Å². The number of nitrogens with zero attached hydrogens (tertiary/aromatic N) is 2. The average molecular weight is 402 g/mol. The minimum Gasteiger partial charge on any atom is -0.421 e. The summed E-state index contributed by atoms with van der Waals surface area (Å²) in [4.78, 5) is 5.17. The molecule has 27 heavy (non-hydrogen) atoms. The van der Waals surface area contributed by atoms with E-state index in [1.54, 1.807) is 0 Å². The van der Waals surface area contributed by atoms with E-state index in [1.807, 2.05) is 0 Å². The van der Waals surface area contributed by atoms with Crippen LogP contribution in [-0.4, -0.2) is 78.0 Å². The van der Waals surface area contributed by atoms with Gasteiger partial charge in [0.25, 0.3) is 0 Å². The molecule has 0 radical (unpaired) electrons. The van der Waals surface area contributed by atoms with E-state index in [9.17, 15) is 0 Å². The molecule has 0 bridgehead atoms. The summed E-state index contributed by atoms with van der Waals surface area (Å²) in [6.07, 6.45) is 9.27. The van der Waals surface area contributed by atoms with Gasteiger partial charge < -0.3 is 19.5 Å². The Morgan fingerprint density at radius 3 is 2.26 bits per heavy atom. The fourth-order valence-electron chi connectivity index (χ4n) is 3.40. The van der Waals surface area contributed by atoms with E-state index in [1.165, 1.54) is 83.7 Å². The fourth-order valence-corrected chi connectivity index (χ4v) is 4.56. The molecule has 0 saturated carbocycles. The van der Waals surface area contributed by atoms with Crippen LogP contribution in [0, 0.1) is 0 Å². The molecule has 2 atom stereocenters. The second-order valence-electron chi connectivity index (χ2n) is 8.29. The van der Waals surface area contributed by atoms with E-state index >= 15 is 0 Å². The quantitative estimate of drug-likeness (QED) is 0.247. The second-order valence-corrected chi connectivity index (χ2v) is 9.74. The molecule has 0 rings (SSSR count). The topological polar surface area (TPSA) is 27.7 Å². The molecule has 0 aromatic rings. The summed E-state index contributed by atoms with van der Waals surface area (Å²) in [6.45, 7) is 18.6. The van der Waals surface area contributed by atoms with Crippen LogP contribution in [0.15, 0.2) is 0 Å². The first-order chi connectivity index (χ1) is 13.0. The summed E-state index contributed by atoms with van der Waals surface area (Å²) in [7, 11) is 1.93. The van der Waals surface area contributed by atoms with Crippen LogP contribution in [0.1, 0.15) is 79.6 Å². The Labute approximate surface area is 173 Å². The zero-order valence-corrected chi connectivity index (χ0v) is 21.0. The lowest BCUT2D eigenvalue weighted by molar-refractivity contribution is 0.216. The van der Waals surface area contributed by atoms with Crippen LogP contribution in [0.4, 0.5) is 0 Å². The van der Waals surface area contributed by atoms with Crippen molar-refractivity contribution >= 4 is 9.76 Å². The standard InChI is InChI=1S/C22H51N3OSi/c1-7-13-22(5)26-27-20-12-19-25(17-10-14-23-21(4)9-3)18-11-16-24(6)15-8-2/h21-23H,7-20,27H2,1-6H3. The van der Waals surface area contributed by atoms with E-state index in [4.69, 9.17) is 4.43 Å². The van der Waals surface area contributed by atoms with Gasteiger partial charge in [0.15, 0.2) is 9.76 Å². The lowest BCUT2D eigenvalue weighted by Gasteiger charge is -2.24. The lowest BCUT2D eigenvalue weighted by Crippen LogP contribution is -2.33. The normalized spacial score (nSPS) is 14.7. The molecule has 0 heterocycles. The van der Waals surface area contributed by atoms with Crippen molar-refractivity contribution in [3.05, 3.63) is 0 Å². The summed E-state index contributed by atoms with van der Waals surface area (Å²) in [5.74, 6) is 0. The van der Waals surface area contributed by atoms with Gasteiger partial charge in [-0.3, -0.25) is 0 Å². The maximum absolute atomic E-state index is 6.04. The molecule has 0 aromatic carbocycles. The molecule has 0 aliphatic rings. The minimum absolute atomic E-state index is 0.323. The van der Waals surface area contributed by atoms with Crippen molar-refractivity contribution < 1.29 is 4.43 Å². The maximum atomic E-state index is 6.04. The van der Waals surface area contributed by atoms with Crippen LogP contribution >= 0.6 is 0 Å². The number of hydrogen-bond acceptors (Lipinski definition) is 4. The van der Waals surface area contributed by atoms with Crippen LogP contribution in [0.3, 0.4) is 0 Å². The molecule has 1 N–H and O–H groups in total. The molecule has 2 unspecified atom stereocenters. The van der Waals surface area contributed by atoms with Gasteiger partial charge in [0.2, 0.25) is 0 Å². The van der Waals surface area contributed by atoms with E-state index in [2.05, 4.69) is 56.8 Å². The van der Waals surface area contributed by atoms with Crippen LogP contribution in [0.2, 0.25) is 6.04 Å². The third kappa shape index (κ3) is 17.9. The van der Waals surface area contributed by atoms with Gasteiger partial charge >= 0.3 is 0 Å². The smallest absolute Gasteiger partial charge is 0.162 e. The van der Waals surface area contributed by atoms with E-state index in [0.29, 0.717) is 12.1 Å². The Hall–Kier alpha value is 0.0569. The second kappa shape index (κ2) is 19.4. The van der Waals surface area contributed by atoms with Crippen molar-refractivity contribution in [2.45, 2.75) is 97.8 Å². The minimum atomic E-state index is -0.323. The summed E-state index contributed by atoms with van der Waals surface area (Å²) in [5, 5.41) is 3.63. The van der Waals surface area contributed by atoms with Gasteiger partial charge in [-0.1, -0.05) is 27.2 Å². The Bertz CT molecular complexity index is 307.